The van der Waals surface area contributed by atoms with Gasteiger partial charge in [0.15, 0.2) is 0 Å². The lowest BCUT2D eigenvalue weighted by molar-refractivity contribution is -0.384. The molecule has 0 spiro atoms. The summed E-state index contributed by atoms with van der Waals surface area (Å²) in [6.45, 7) is 4.00. The van der Waals surface area contributed by atoms with Gasteiger partial charge < -0.3 is 19.3 Å². The number of amides is 1. The maximum atomic E-state index is 12.2. The van der Waals surface area contributed by atoms with E-state index in [9.17, 15) is 14.9 Å². The Morgan fingerprint density at radius 1 is 1.16 bits per heavy atom. The lowest BCUT2D eigenvalue weighted by Gasteiger charge is -2.35. The van der Waals surface area contributed by atoms with Gasteiger partial charge in [0, 0.05) is 52.4 Å². The van der Waals surface area contributed by atoms with Gasteiger partial charge in [-0.15, -0.1) is 0 Å². The highest BCUT2D eigenvalue weighted by atomic mass is 16.6. The lowest BCUT2D eigenvalue weighted by atomic mass is 10.2. The van der Waals surface area contributed by atoms with Crippen LogP contribution in [0.15, 0.2) is 24.3 Å². The highest BCUT2D eigenvalue weighted by Gasteiger charge is 2.25. The average Bonchev–Trinajstić information content (AvgIpc) is 2.64. The van der Waals surface area contributed by atoms with E-state index in [-0.39, 0.29) is 16.5 Å². The second kappa shape index (κ2) is 9.95. The molecule has 1 aliphatic rings. The third-order valence-corrected chi connectivity index (χ3v) is 4.16. The number of nitro groups is 1. The fraction of sp³-hybridized carbons (Fsp3) is 0.588. The van der Waals surface area contributed by atoms with Gasteiger partial charge in [0.05, 0.1) is 18.1 Å². The van der Waals surface area contributed by atoms with Gasteiger partial charge in [0.25, 0.3) is 5.69 Å². The lowest BCUT2D eigenvalue weighted by Crippen LogP contribution is -2.48. The zero-order valence-electron chi connectivity index (χ0n) is 14.6. The highest BCUT2D eigenvalue weighted by Crippen LogP contribution is 2.28. The molecule has 0 unspecified atom stereocenters. The summed E-state index contributed by atoms with van der Waals surface area (Å²) in [4.78, 5) is 26.8. The van der Waals surface area contributed by atoms with E-state index in [4.69, 9.17) is 9.47 Å². The quantitative estimate of drug-likeness (QED) is 0.382. The molecular formula is C17H25N3O5. The zero-order valence-corrected chi connectivity index (χ0v) is 14.6. The smallest absolute Gasteiger partial charge is 0.292 e. The molecule has 0 atom stereocenters. The van der Waals surface area contributed by atoms with Crippen LogP contribution in [0.4, 0.5) is 11.4 Å². The molecule has 1 aromatic carbocycles. The molecule has 0 aromatic heterocycles. The Morgan fingerprint density at radius 2 is 1.88 bits per heavy atom. The van der Waals surface area contributed by atoms with Crippen molar-refractivity contribution in [2.24, 2.45) is 0 Å². The number of benzene rings is 1. The van der Waals surface area contributed by atoms with Gasteiger partial charge >= 0.3 is 0 Å². The molecule has 1 saturated heterocycles. The van der Waals surface area contributed by atoms with E-state index in [0.717, 1.165) is 0 Å². The van der Waals surface area contributed by atoms with Gasteiger partial charge in [0.1, 0.15) is 5.69 Å². The van der Waals surface area contributed by atoms with Crippen LogP contribution in [0, 0.1) is 10.1 Å². The molecule has 1 aliphatic heterocycles. The normalized spacial score (nSPS) is 14.6. The number of nitrogens with zero attached hydrogens (tertiary/aromatic N) is 3. The van der Waals surface area contributed by atoms with Gasteiger partial charge in [-0.05, 0) is 12.5 Å². The molecule has 8 heteroatoms. The van der Waals surface area contributed by atoms with E-state index >= 15 is 0 Å². The summed E-state index contributed by atoms with van der Waals surface area (Å²) in [5, 5.41) is 11.1. The van der Waals surface area contributed by atoms with Crippen molar-refractivity contribution in [2.75, 3.05) is 58.0 Å². The molecule has 0 aliphatic carbocycles. The maximum absolute atomic E-state index is 12.2. The van der Waals surface area contributed by atoms with Crippen LogP contribution in [0.2, 0.25) is 0 Å². The Hall–Kier alpha value is -2.19. The number of anilines is 1. The minimum Gasteiger partial charge on any atom is -0.382 e. The molecule has 1 aromatic rings. The molecule has 1 amide bonds. The molecule has 0 bridgehead atoms. The molecule has 8 nitrogen and oxygen atoms in total. The summed E-state index contributed by atoms with van der Waals surface area (Å²) in [7, 11) is 1.62. The minimum atomic E-state index is -0.365. The van der Waals surface area contributed by atoms with E-state index in [1.807, 2.05) is 9.80 Å². The third-order valence-electron chi connectivity index (χ3n) is 4.16. The number of para-hydroxylation sites is 2. The van der Waals surface area contributed by atoms with Crippen molar-refractivity contribution in [1.82, 2.24) is 4.90 Å². The van der Waals surface area contributed by atoms with E-state index in [1.165, 1.54) is 6.07 Å². The van der Waals surface area contributed by atoms with Gasteiger partial charge in [0.2, 0.25) is 5.91 Å². The van der Waals surface area contributed by atoms with Gasteiger partial charge in [-0.25, -0.2) is 0 Å². The number of rotatable bonds is 9. The van der Waals surface area contributed by atoms with E-state index in [1.54, 1.807) is 25.3 Å². The van der Waals surface area contributed by atoms with Crippen LogP contribution in [0.25, 0.3) is 0 Å². The van der Waals surface area contributed by atoms with Crippen LogP contribution in [0.3, 0.4) is 0 Å². The second-order valence-electron chi connectivity index (χ2n) is 5.82. The van der Waals surface area contributed by atoms with Crippen molar-refractivity contribution in [2.45, 2.75) is 12.8 Å². The first-order valence-corrected chi connectivity index (χ1v) is 8.46. The first-order chi connectivity index (χ1) is 12.1. The van der Waals surface area contributed by atoms with Crippen LogP contribution in [-0.4, -0.2) is 68.8 Å². The molecule has 138 valence electrons. The summed E-state index contributed by atoms with van der Waals surface area (Å²) >= 11 is 0. The third kappa shape index (κ3) is 5.68. The maximum Gasteiger partial charge on any atom is 0.292 e. The molecule has 0 N–H and O–H groups in total. The van der Waals surface area contributed by atoms with Crippen molar-refractivity contribution in [3.8, 4) is 0 Å². The predicted molar refractivity (Wildman–Crippen MR) is 93.8 cm³/mol. The number of carbonyl (C=O) groups is 1. The van der Waals surface area contributed by atoms with Crippen LogP contribution in [0.5, 0.6) is 0 Å². The first-order valence-electron chi connectivity index (χ1n) is 8.46. The molecule has 0 radical (unpaired) electrons. The second-order valence-corrected chi connectivity index (χ2v) is 5.82. The summed E-state index contributed by atoms with van der Waals surface area (Å²) < 4.78 is 10.2. The van der Waals surface area contributed by atoms with E-state index in [2.05, 4.69) is 0 Å². The SMILES string of the molecule is COCCOCCCC(=O)N1CCN(c2ccccc2[N+](=O)[O-])CC1. The molecular weight excluding hydrogens is 326 g/mol. The van der Waals surface area contributed by atoms with Crippen LogP contribution < -0.4 is 4.90 Å². The number of carbonyl (C=O) groups excluding carboxylic acids is 1. The van der Waals surface area contributed by atoms with E-state index in [0.29, 0.717) is 64.5 Å². The largest absolute Gasteiger partial charge is 0.382 e. The summed E-state index contributed by atoms with van der Waals surface area (Å²) in [6.07, 6.45) is 1.14. The predicted octanol–water partition coefficient (Wildman–Crippen LogP) is 1.69. The van der Waals surface area contributed by atoms with Crippen molar-refractivity contribution >= 4 is 17.3 Å². The summed E-state index contributed by atoms with van der Waals surface area (Å²) in [5.74, 6) is 0.109. The molecule has 2 rings (SSSR count). The molecule has 1 fully saturated rings. The number of hydrogen-bond acceptors (Lipinski definition) is 6. The first kappa shape index (κ1) is 19.1. The minimum absolute atomic E-state index is 0.107. The van der Waals surface area contributed by atoms with Gasteiger partial charge in [-0.2, -0.15) is 0 Å². The molecule has 25 heavy (non-hydrogen) atoms. The van der Waals surface area contributed by atoms with Crippen molar-refractivity contribution < 1.29 is 19.2 Å². The topological polar surface area (TPSA) is 85.2 Å². The zero-order chi connectivity index (χ0) is 18.1. The number of piperazine rings is 1. The number of ether oxygens (including phenoxy) is 2. The van der Waals surface area contributed by atoms with Crippen LogP contribution >= 0.6 is 0 Å². The average molecular weight is 351 g/mol. The summed E-state index contributed by atoms with van der Waals surface area (Å²) in [5.41, 5.74) is 0.724. The Bertz CT molecular complexity index is 573. The Morgan fingerprint density at radius 3 is 2.56 bits per heavy atom. The Balaban J connectivity index is 1.76. The standard InChI is InChI=1S/C17H25N3O5/c1-24-13-14-25-12-4-7-17(21)19-10-8-18(9-11-19)15-5-2-3-6-16(15)20(22)23/h2-3,5-6H,4,7-14H2,1H3. The Labute approximate surface area is 147 Å². The van der Waals surface area contributed by atoms with Crippen LogP contribution in [0.1, 0.15) is 12.8 Å². The number of methoxy groups -OCH3 is 1. The summed E-state index contributed by atoms with van der Waals surface area (Å²) in [6, 6.07) is 6.73. The number of nitro benzene ring substituents is 1. The monoisotopic (exact) mass is 351 g/mol. The Kier molecular flexibility index (Phi) is 7.62. The van der Waals surface area contributed by atoms with Gasteiger partial charge in [-0.1, -0.05) is 12.1 Å². The van der Waals surface area contributed by atoms with Gasteiger partial charge in [-0.3, -0.25) is 14.9 Å². The van der Waals surface area contributed by atoms with Crippen molar-refractivity contribution in [1.29, 1.82) is 0 Å². The fourth-order valence-electron chi connectivity index (χ4n) is 2.81. The fourth-order valence-corrected chi connectivity index (χ4v) is 2.81. The van der Waals surface area contributed by atoms with E-state index < -0.39 is 0 Å². The molecule has 0 saturated carbocycles. The molecule has 1 heterocycles. The van der Waals surface area contributed by atoms with Crippen molar-refractivity contribution in [3.63, 3.8) is 0 Å². The van der Waals surface area contributed by atoms with Crippen LogP contribution in [-0.2, 0) is 14.3 Å². The van der Waals surface area contributed by atoms with Crippen molar-refractivity contribution in [3.05, 3.63) is 34.4 Å². The highest BCUT2D eigenvalue weighted by molar-refractivity contribution is 5.76. The number of hydrogen-bond donors (Lipinski definition) is 0.